The maximum atomic E-state index is 12.5. The number of aliphatic carboxylic acids is 1. The summed E-state index contributed by atoms with van der Waals surface area (Å²) in [6, 6.07) is -1.18. The molecule has 2 aliphatic rings. The highest BCUT2D eigenvalue weighted by Crippen LogP contribution is 2.20. The van der Waals surface area contributed by atoms with Gasteiger partial charge in [0.1, 0.15) is 6.04 Å². The van der Waals surface area contributed by atoms with Crippen LogP contribution in [0.4, 0.5) is 4.79 Å². The van der Waals surface area contributed by atoms with Gasteiger partial charge in [-0.05, 0) is 6.42 Å². The van der Waals surface area contributed by atoms with Gasteiger partial charge in [0.05, 0.1) is 13.0 Å². The Morgan fingerprint density at radius 3 is 2.86 bits per heavy atom. The van der Waals surface area contributed by atoms with Crippen LogP contribution in [-0.2, 0) is 14.3 Å². The van der Waals surface area contributed by atoms with E-state index in [1.807, 2.05) is 0 Å². The van der Waals surface area contributed by atoms with E-state index in [0.717, 1.165) is 6.42 Å². The first-order valence-corrected chi connectivity index (χ1v) is 7.07. The zero-order chi connectivity index (χ0) is 15.4. The number of nitrogens with one attached hydrogen (secondary N) is 1. The fourth-order valence-electron chi connectivity index (χ4n) is 2.87. The van der Waals surface area contributed by atoms with Crippen LogP contribution < -0.4 is 5.32 Å². The molecular formula is C13H21N3O5. The van der Waals surface area contributed by atoms with Crippen LogP contribution in [0.5, 0.6) is 0 Å². The zero-order valence-electron chi connectivity index (χ0n) is 12.1. The number of rotatable bonds is 4. The molecule has 3 amide bonds. The highest BCUT2D eigenvalue weighted by Gasteiger charge is 2.38. The first kappa shape index (κ1) is 15.6. The summed E-state index contributed by atoms with van der Waals surface area (Å²) in [6.45, 7) is 2.50. The normalized spacial score (nSPS) is 25.9. The summed E-state index contributed by atoms with van der Waals surface area (Å²) in [7, 11) is 1.63. The van der Waals surface area contributed by atoms with Crippen LogP contribution in [0.1, 0.15) is 12.8 Å². The molecule has 0 spiro atoms. The molecule has 0 aromatic carbocycles. The van der Waals surface area contributed by atoms with Crippen LogP contribution in [-0.4, -0.2) is 78.8 Å². The second kappa shape index (κ2) is 6.75. The minimum atomic E-state index is -1.09. The van der Waals surface area contributed by atoms with E-state index in [-0.39, 0.29) is 12.5 Å². The smallest absolute Gasteiger partial charge is 0.320 e. The number of nitrogens with zero attached hydrogens (tertiary/aromatic N) is 2. The molecule has 0 aliphatic carbocycles. The predicted molar refractivity (Wildman–Crippen MR) is 72.7 cm³/mol. The van der Waals surface area contributed by atoms with Crippen molar-refractivity contribution in [1.82, 2.24) is 15.1 Å². The molecule has 0 radical (unpaired) electrons. The summed E-state index contributed by atoms with van der Waals surface area (Å²) in [5.74, 6) is -1.19. The molecule has 118 valence electrons. The molecule has 2 N–H and O–H groups in total. The second-order valence-electron chi connectivity index (χ2n) is 5.44. The highest BCUT2D eigenvalue weighted by atomic mass is 16.5. The average Bonchev–Trinajstić information content (AvgIpc) is 2.89. The van der Waals surface area contributed by atoms with E-state index in [0.29, 0.717) is 38.7 Å². The maximum Gasteiger partial charge on any atom is 0.320 e. The predicted octanol–water partition coefficient (Wildman–Crippen LogP) is -0.650. The summed E-state index contributed by atoms with van der Waals surface area (Å²) in [5.41, 5.74) is 0. The number of hydrogen-bond acceptors (Lipinski definition) is 4. The molecule has 0 bridgehead atoms. The van der Waals surface area contributed by atoms with Gasteiger partial charge in [0, 0.05) is 39.2 Å². The summed E-state index contributed by atoms with van der Waals surface area (Å²) in [5, 5.41) is 11.5. The number of carbonyl (C=O) groups excluding carboxylic acids is 2. The Balaban J connectivity index is 2.02. The number of carboxylic acid groups (broad SMARTS) is 1. The number of hydrogen-bond donors (Lipinski definition) is 2. The topological polar surface area (TPSA) is 99.2 Å². The minimum Gasteiger partial charge on any atom is -0.481 e. The molecule has 8 nitrogen and oxygen atoms in total. The molecule has 2 fully saturated rings. The molecular weight excluding hydrogens is 278 g/mol. The molecule has 2 saturated heterocycles. The van der Waals surface area contributed by atoms with E-state index in [1.54, 1.807) is 12.0 Å². The number of carboxylic acids is 1. The molecule has 8 heteroatoms. The summed E-state index contributed by atoms with van der Waals surface area (Å²) < 4.78 is 5.10. The Morgan fingerprint density at radius 1 is 1.43 bits per heavy atom. The first-order valence-electron chi connectivity index (χ1n) is 7.07. The third-order valence-corrected chi connectivity index (χ3v) is 3.90. The number of urea groups is 1. The Bertz CT molecular complexity index is 428. The van der Waals surface area contributed by atoms with Gasteiger partial charge in [-0.3, -0.25) is 9.59 Å². The lowest BCUT2D eigenvalue weighted by Gasteiger charge is -2.36. The van der Waals surface area contributed by atoms with Gasteiger partial charge in [-0.15, -0.1) is 0 Å². The summed E-state index contributed by atoms with van der Waals surface area (Å²) in [6.07, 6.45) is 0.496. The van der Waals surface area contributed by atoms with E-state index in [2.05, 4.69) is 5.32 Å². The van der Waals surface area contributed by atoms with E-state index in [4.69, 9.17) is 9.84 Å². The molecule has 0 saturated carbocycles. The highest BCUT2D eigenvalue weighted by molar-refractivity contribution is 5.91. The van der Waals surface area contributed by atoms with Crippen molar-refractivity contribution in [2.75, 3.05) is 39.9 Å². The van der Waals surface area contributed by atoms with Crippen molar-refractivity contribution in [1.29, 1.82) is 0 Å². The largest absolute Gasteiger partial charge is 0.481 e. The van der Waals surface area contributed by atoms with Crippen molar-refractivity contribution in [3.05, 3.63) is 0 Å². The van der Waals surface area contributed by atoms with Crippen molar-refractivity contribution in [3.8, 4) is 0 Å². The Morgan fingerprint density at radius 2 is 2.19 bits per heavy atom. The molecule has 2 heterocycles. The van der Waals surface area contributed by atoms with Crippen LogP contribution in [0.2, 0.25) is 0 Å². The zero-order valence-corrected chi connectivity index (χ0v) is 12.1. The van der Waals surface area contributed by atoms with Crippen molar-refractivity contribution in [3.63, 3.8) is 0 Å². The lowest BCUT2D eigenvalue weighted by atomic mass is 10.1. The Labute approximate surface area is 123 Å². The number of ether oxygens (including phenoxy) is 1. The Kier molecular flexibility index (Phi) is 5.00. The fraction of sp³-hybridized carbons (Fsp3) is 0.769. The van der Waals surface area contributed by atoms with E-state index >= 15 is 0 Å². The van der Waals surface area contributed by atoms with Crippen molar-refractivity contribution in [2.45, 2.75) is 18.9 Å². The lowest BCUT2D eigenvalue weighted by molar-refractivity contribution is -0.142. The van der Waals surface area contributed by atoms with Gasteiger partial charge in [-0.1, -0.05) is 0 Å². The van der Waals surface area contributed by atoms with Crippen LogP contribution in [0.15, 0.2) is 0 Å². The van der Waals surface area contributed by atoms with Crippen molar-refractivity contribution >= 4 is 17.9 Å². The van der Waals surface area contributed by atoms with Crippen LogP contribution in [0.25, 0.3) is 0 Å². The van der Waals surface area contributed by atoms with Gasteiger partial charge in [-0.25, -0.2) is 4.79 Å². The molecule has 0 aromatic rings. The third kappa shape index (κ3) is 3.63. The standard InChI is InChI=1S/C13H21N3O5/c1-21-8-9-2-4-15(7-9)13(20)16-5-3-14-12(19)10(16)6-11(17)18/h9-10H,2-8H2,1H3,(H,14,19)(H,17,18). The number of carbonyl (C=O) groups is 3. The third-order valence-electron chi connectivity index (χ3n) is 3.90. The SMILES string of the molecule is COCC1CCN(C(=O)N2CCNC(=O)C2CC(=O)O)C1. The van der Waals surface area contributed by atoms with E-state index < -0.39 is 17.9 Å². The number of amides is 3. The van der Waals surface area contributed by atoms with Crippen LogP contribution in [0, 0.1) is 5.92 Å². The van der Waals surface area contributed by atoms with Gasteiger partial charge >= 0.3 is 12.0 Å². The first-order chi connectivity index (χ1) is 10.0. The summed E-state index contributed by atoms with van der Waals surface area (Å²) >= 11 is 0. The molecule has 21 heavy (non-hydrogen) atoms. The van der Waals surface area contributed by atoms with Gasteiger partial charge in [0.2, 0.25) is 5.91 Å². The molecule has 2 aliphatic heterocycles. The average molecular weight is 299 g/mol. The molecule has 2 atom stereocenters. The van der Waals surface area contributed by atoms with E-state index in [1.165, 1.54) is 4.90 Å². The van der Waals surface area contributed by atoms with Crippen LogP contribution in [0.3, 0.4) is 0 Å². The summed E-state index contributed by atoms with van der Waals surface area (Å²) in [4.78, 5) is 38.3. The molecule has 0 aromatic heterocycles. The monoisotopic (exact) mass is 299 g/mol. The molecule has 2 unspecified atom stereocenters. The van der Waals surface area contributed by atoms with Gasteiger partial charge in [0.15, 0.2) is 0 Å². The van der Waals surface area contributed by atoms with Gasteiger partial charge < -0.3 is 25.0 Å². The van der Waals surface area contributed by atoms with Gasteiger partial charge in [-0.2, -0.15) is 0 Å². The van der Waals surface area contributed by atoms with E-state index in [9.17, 15) is 14.4 Å². The number of likely N-dealkylation sites (tertiary alicyclic amines) is 1. The second-order valence-corrected chi connectivity index (χ2v) is 5.44. The molecule has 2 rings (SSSR count). The van der Waals surface area contributed by atoms with Crippen LogP contribution >= 0.6 is 0 Å². The lowest BCUT2D eigenvalue weighted by Crippen LogP contribution is -2.60. The minimum absolute atomic E-state index is 0.255. The maximum absolute atomic E-state index is 12.5. The van der Waals surface area contributed by atoms with Crippen molar-refractivity contribution < 1.29 is 24.2 Å². The number of piperazine rings is 1. The van der Waals surface area contributed by atoms with Crippen molar-refractivity contribution in [2.24, 2.45) is 5.92 Å². The quantitative estimate of drug-likeness (QED) is 0.718. The van der Waals surface area contributed by atoms with Gasteiger partial charge in [0.25, 0.3) is 0 Å². The fourth-order valence-corrected chi connectivity index (χ4v) is 2.87. The Hall–Kier alpha value is -1.83. The number of methoxy groups -OCH3 is 1.